The largest absolute Gasteiger partial charge is 0.300 e. The molecule has 1 heterocycles. The Balaban J connectivity index is 1.57. The summed E-state index contributed by atoms with van der Waals surface area (Å²) in [6.07, 6.45) is 4.20. The van der Waals surface area contributed by atoms with Crippen LogP contribution in [0.25, 0.3) is 0 Å². The molecular formula is C16H16N4OS2. The molecule has 0 bridgehead atoms. The van der Waals surface area contributed by atoms with E-state index in [1.807, 2.05) is 24.3 Å². The van der Waals surface area contributed by atoms with Crippen LogP contribution in [0.5, 0.6) is 0 Å². The molecule has 5 nitrogen and oxygen atoms in total. The lowest BCUT2D eigenvalue weighted by Crippen LogP contribution is -2.20. The lowest BCUT2D eigenvalue weighted by atomic mass is 10.1. The van der Waals surface area contributed by atoms with Gasteiger partial charge in [0, 0.05) is 11.7 Å². The van der Waals surface area contributed by atoms with Crippen LogP contribution in [0.15, 0.2) is 28.6 Å². The third-order valence-corrected chi connectivity index (χ3v) is 5.87. The highest BCUT2D eigenvalue weighted by Gasteiger charge is 2.23. The molecule has 1 fully saturated rings. The van der Waals surface area contributed by atoms with Crippen molar-refractivity contribution in [2.75, 3.05) is 5.32 Å². The average molecular weight is 344 g/mol. The third kappa shape index (κ3) is 4.09. The molecule has 1 aliphatic carbocycles. The zero-order valence-electron chi connectivity index (χ0n) is 12.5. The van der Waals surface area contributed by atoms with E-state index in [9.17, 15) is 4.79 Å². The topological polar surface area (TPSA) is 78.7 Å². The van der Waals surface area contributed by atoms with Gasteiger partial charge in [-0.25, -0.2) is 0 Å². The van der Waals surface area contributed by atoms with Gasteiger partial charge >= 0.3 is 0 Å². The number of hydrogen-bond acceptors (Lipinski definition) is 6. The van der Waals surface area contributed by atoms with E-state index in [-0.39, 0.29) is 11.8 Å². The number of nitrogens with one attached hydrogen (secondary N) is 1. The molecule has 7 heteroatoms. The van der Waals surface area contributed by atoms with E-state index in [0.29, 0.717) is 16.4 Å². The van der Waals surface area contributed by atoms with E-state index in [1.54, 1.807) is 0 Å². The van der Waals surface area contributed by atoms with Gasteiger partial charge in [-0.3, -0.25) is 4.79 Å². The summed E-state index contributed by atoms with van der Waals surface area (Å²) in [5, 5.41) is 20.6. The molecule has 0 unspecified atom stereocenters. The summed E-state index contributed by atoms with van der Waals surface area (Å²) in [6, 6.07) is 9.72. The molecule has 1 N–H and O–H groups in total. The molecule has 1 aromatic carbocycles. The van der Waals surface area contributed by atoms with Crippen molar-refractivity contribution in [3.05, 3.63) is 35.4 Å². The van der Waals surface area contributed by atoms with Crippen LogP contribution in [0.1, 0.15) is 36.8 Å². The molecule has 0 atom stereocenters. The molecule has 2 aromatic rings. The van der Waals surface area contributed by atoms with Crippen molar-refractivity contribution in [1.29, 1.82) is 5.26 Å². The number of hydrogen-bond donors (Lipinski definition) is 1. The number of carbonyl (C=O) groups is 1. The van der Waals surface area contributed by atoms with Gasteiger partial charge in [0.05, 0.1) is 11.6 Å². The zero-order chi connectivity index (χ0) is 16.1. The lowest BCUT2D eigenvalue weighted by Gasteiger charge is -2.06. The normalized spacial score (nSPS) is 14.6. The highest BCUT2D eigenvalue weighted by Crippen LogP contribution is 2.30. The van der Waals surface area contributed by atoms with E-state index >= 15 is 0 Å². The molecule has 0 aliphatic heterocycles. The van der Waals surface area contributed by atoms with Crippen molar-refractivity contribution in [2.24, 2.45) is 5.92 Å². The quantitative estimate of drug-likeness (QED) is 0.659. The van der Waals surface area contributed by atoms with Gasteiger partial charge in [-0.1, -0.05) is 54.1 Å². The van der Waals surface area contributed by atoms with Gasteiger partial charge in [-0.05, 0) is 24.5 Å². The number of anilines is 1. The van der Waals surface area contributed by atoms with Crippen LogP contribution < -0.4 is 5.32 Å². The minimum Gasteiger partial charge on any atom is -0.300 e. The Morgan fingerprint density at radius 3 is 2.91 bits per heavy atom. The van der Waals surface area contributed by atoms with Crippen LogP contribution >= 0.6 is 23.1 Å². The maximum Gasteiger partial charge on any atom is 0.229 e. The number of nitriles is 1. The Kier molecular flexibility index (Phi) is 5.26. The zero-order valence-corrected chi connectivity index (χ0v) is 14.1. The van der Waals surface area contributed by atoms with Gasteiger partial charge in [0.1, 0.15) is 0 Å². The van der Waals surface area contributed by atoms with Gasteiger partial charge < -0.3 is 5.32 Å². The Morgan fingerprint density at radius 1 is 1.35 bits per heavy atom. The third-order valence-electron chi connectivity index (χ3n) is 3.85. The van der Waals surface area contributed by atoms with Crippen LogP contribution in [-0.2, 0) is 10.5 Å². The Hall–Kier alpha value is -1.91. The second kappa shape index (κ2) is 7.57. The first kappa shape index (κ1) is 16.0. The molecule has 0 radical (unpaired) electrons. The van der Waals surface area contributed by atoms with Crippen LogP contribution in [-0.4, -0.2) is 16.1 Å². The first-order valence-electron chi connectivity index (χ1n) is 7.51. The first-order chi connectivity index (χ1) is 11.3. The Labute approximate surface area is 143 Å². The highest BCUT2D eigenvalue weighted by atomic mass is 32.2. The molecule has 1 saturated carbocycles. The van der Waals surface area contributed by atoms with Crippen molar-refractivity contribution in [3.8, 4) is 6.07 Å². The standard InChI is InChI=1S/C16H16N4OS2/c17-9-12-7-3-4-8-13(12)10-22-16-20-19-15(23-16)18-14(21)11-5-1-2-6-11/h3-4,7-8,11H,1-2,5-6,10H2,(H,18,19,21). The van der Waals surface area contributed by atoms with Crippen molar-refractivity contribution in [3.63, 3.8) is 0 Å². The predicted octanol–water partition coefficient (Wildman–Crippen LogP) is 3.83. The molecule has 3 rings (SSSR count). The predicted molar refractivity (Wildman–Crippen MR) is 91.2 cm³/mol. The molecule has 1 aliphatic rings. The number of aromatic nitrogens is 2. The summed E-state index contributed by atoms with van der Waals surface area (Å²) in [5.74, 6) is 0.845. The van der Waals surface area contributed by atoms with Crippen molar-refractivity contribution >= 4 is 34.1 Å². The number of thioether (sulfide) groups is 1. The van der Waals surface area contributed by atoms with Crippen molar-refractivity contribution in [2.45, 2.75) is 35.8 Å². The maximum absolute atomic E-state index is 12.1. The van der Waals surface area contributed by atoms with E-state index in [1.165, 1.54) is 23.1 Å². The van der Waals surface area contributed by atoms with Crippen molar-refractivity contribution < 1.29 is 4.79 Å². The number of nitrogens with zero attached hydrogens (tertiary/aromatic N) is 3. The van der Waals surface area contributed by atoms with Crippen LogP contribution in [0.3, 0.4) is 0 Å². The molecule has 0 spiro atoms. The van der Waals surface area contributed by atoms with Gasteiger partial charge in [0.15, 0.2) is 4.34 Å². The van der Waals surface area contributed by atoms with Gasteiger partial charge in [0.25, 0.3) is 0 Å². The van der Waals surface area contributed by atoms with E-state index in [0.717, 1.165) is 35.6 Å². The molecule has 0 saturated heterocycles. The van der Waals surface area contributed by atoms with E-state index in [4.69, 9.17) is 5.26 Å². The van der Waals surface area contributed by atoms with E-state index < -0.39 is 0 Å². The van der Waals surface area contributed by atoms with Crippen molar-refractivity contribution in [1.82, 2.24) is 10.2 Å². The fourth-order valence-corrected chi connectivity index (χ4v) is 4.37. The first-order valence-corrected chi connectivity index (χ1v) is 9.31. The Morgan fingerprint density at radius 2 is 2.13 bits per heavy atom. The van der Waals surface area contributed by atoms with Crippen LogP contribution in [0.4, 0.5) is 5.13 Å². The highest BCUT2D eigenvalue weighted by molar-refractivity contribution is 8.00. The fraction of sp³-hybridized carbons (Fsp3) is 0.375. The molecular weight excluding hydrogens is 328 g/mol. The summed E-state index contributed by atoms with van der Waals surface area (Å²) in [7, 11) is 0. The average Bonchev–Trinajstić information content (AvgIpc) is 3.25. The van der Waals surface area contributed by atoms with Gasteiger partial charge in [-0.2, -0.15) is 5.26 Å². The van der Waals surface area contributed by atoms with E-state index in [2.05, 4.69) is 21.6 Å². The molecule has 23 heavy (non-hydrogen) atoms. The summed E-state index contributed by atoms with van der Waals surface area (Å²) in [4.78, 5) is 12.1. The SMILES string of the molecule is N#Cc1ccccc1CSc1nnc(NC(=O)C2CCCC2)s1. The smallest absolute Gasteiger partial charge is 0.229 e. The minimum atomic E-state index is 0.0602. The lowest BCUT2D eigenvalue weighted by molar-refractivity contribution is -0.119. The second-order valence-corrected chi connectivity index (χ2v) is 7.60. The summed E-state index contributed by atoms with van der Waals surface area (Å²) >= 11 is 2.90. The summed E-state index contributed by atoms with van der Waals surface area (Å²) < 4.78 is 0.791. The molecule has 1 amide bonds. The second-order valence-electron chi connectivity index (χ2n) is 5.40. The number of benzene rings is 1. The minimum absolute atomic E-state index is 0.0602. The summed E-state index contributed by atoms with van der Waals surface area (Å²) in [5.41, 5.74) is 1.66. The van der Waals surface area contributed by atoms with Gasteiger partial charge in [-0.15, -0.1) is 10.2 Å². The fourth-order valence-electron chi connectivity index (χ4n) is 2.61. The maximum atomic E-state index is 12.1. The van der Waals surface area contributed by atoms with Crippen LogP contribution in [0, 0.1) is 17.2 Å². The number of amides is 1. The van der Waals surface area contributed by atoms with Crippen LogP contribution in [0.2, 0.25) is 0 Å². The molecule has 1 aromatic heterocycles. The van der Waals surface area contributed by atoms with Gasteiger partial charge in [0.2, 0.25) is 11.0 Å². The monoisotopic (exact) mass is 344 g/mol. The Bertz CT molecular complexity index is 732. The summed E-state index contributed by atoms with van der Waals surface area (Å²) in [6.45, 7) is 0. The number of rotatable bonds is 5. The number of carbonyl (C=O) groups excluding carboxylic acids is 1. The molecule has 118 valence electrons.